The average molecular weight is 207 g/mol. The van der Waals surface area contributed by atoms with Gasteiger partial charge in [0, 0.05) is 6.54 Å². The zero-order valence-corrected chi connectivity index (χ0v) is 8.26. The van der Waals surface area contributed by atoms with E-state index >= 15 is 0 Å². The van der Waals surface area contributed by atoms with Crippen molar-refractivity contribution in [1.29, 1.82) is 0 Å². The van der Waals surface area contributed by atoms with Gasteiger partial charge in [0.25, 0.3) is 0 Å². The van der Waals surface area contributed by atoms with E-state index < -0.39 is 0 Å². The van der Waals surface area contributed by atoms with Gasteiger partial charge in [-0.15, -0.1) is 0 Å². The van der Waals surface area contributed by atoms with E-state index in [0.717, 1.165) is 19.4 Å². The molecule has 1 unspecified atom stereocenters. The number of anilines is 2. The molecule has 4 N–H and O–H groups in total. The molecule has 1 aliphatic rings. The molecule has 1 atom stereocenters. The Labute approximate surface area is 87.3 Å². The molecule has 0 spiro atoms. The van der Waals surface area contributed by atoms with E-state index in [9.17, 15) is 4.79 Å². The minimum atomic E-state index is -0.322. The summed E-state index contributed by atoms with van der Waals surface area (Å²) in [6.45, 7) is 0.770. The molecule has 1 amide bonds. The van der Waals surface area contributed by atoms with Crippen LogP contribution in [0.3, 0.4) is 0 Å². The summed E-state index contributed by atoms with van der Waals surface area (Å²) in [5.74, 6) is 0.649. The number of hydrogen-bond acceptors (Lipinski definition) is 5. The molecule has 0 radical (unpaired) electrons. The van der Waals surface area contributed by atoms with Gasteiger partial charge in [0.1, 0.15) is 17.7 Å². The number of nitrogens with two attached hydrogens (primary N) is 2. The van der Waals surface area contributed by atoms with Crippen molar-refractivity contribution in [3.05, 3.63) is 12.4 Å². The third-order valence-corrected chi connectivity index (χ3v) is 2.52. The van der Waals surface area contributed by atoms with Crippen LogP contribution in [-0.4, -0.2) is 28.5 Å². The summed E-state index contributed by atoms with van der Waals surface area (Å²) in [4.78, 5) is 21.1. The van der Waals surface area contributed by atoms with Crippen molar-refractivity contribution in [2.75, 3.05) is 17.2 Å². The predicted molar refractivity (Wildman–Crippen MR) is 56.0 cm³/mol. The fraction of sp³-hybridized carbons (Fsp3) is 0.444. The van der Waals surface area contributed by atoms with Crippen LogP contribution in [0.15, 0.2) is 12.4 Å². The molecule has 6 nitrogen and oxygen atoms in total. The molecule has 1 aliphatic heterocycles. The molecule has 0 saturated carbocycles. The Bertz CT molecular complexity index is 381. The van der Waals surface area contributed by atoms with Gasteiger partial charge in [0.15, 0.2) is 0 Å². The number of rotatable bonds is 2. The van der Waals surface area contributed by atoms with Crippen LogP contribution in [0.2, 0.25) is 0 Å². The van der Waals surface area contributed by atoms with Crippen molar-refractivity contribution in [2.24, 2.45) is 5.73 Å². The van der Waals surface area contributed by atoms with Gasteiger partial charge in [-0.25, -0.2) is 4.98 Å². The highest BCUT2D eigenvalue weighted by molar-refractivity contribution is 5.83. The number of nitrogens with zero attached hydrogens (tertiary/aromatic N) is 3. The van der Waals surface area contributed by atoms with Crippen LogP contribution >= 0.6 is 0 Å². The van der Waals surface area contributed by atoms with Crippen molar-refractivity contribution in [3.8, 4) is 0 Å². The Balaban J connectivity index is 2.26. The fourth-order valence-electron chi connectivity index (χ4n) is 1.85. The topological polar surface area (TPSA) is 98.1 Å². The quantitative estimate of drug-likeness (QED) is 0.682. The fourth-order valence-corrected chi connectivity index (χ4v) is 1.85. The molecule has 0 aromatic carbocycles. The van der Waals surface area contributed by atoms with Gasteiger partial charge in [-0.1, -0.05) is 0 Å². The van der Waals surface area contributed by atoms with Crippen molar-refractivity contribution in [3.63, 3.8) is 0 Å². The molecular weight excluding hydrogens is 194 g/mol. The van der Waals surface area contributed by atoms with Crippen molar-refractivity contribution in [2.45, 2.75) is 18.9 Å². The molecule has 1 aromatic rings. The Morgan fingerprint density at radius 3 is 3.00 bits per heavy atom. The summed E-state index contributed by atoms with van der Waals surface area (Å²) >= 11 is 0. The van der Waals surface area contributed by atoms with E-state index in [1.54, 1.807) is 6.20 Å². The third-order valence-electron chi connectivity index (χ3n) is 2.52. The number of hydrogen-bond donors (Lipinski definition) is 2. The van der Waals surface area contributed by atoms with Gasteiger partial charge in [-0.3, -0.25) is 9.78 Å². The van der Waals surface area contributed by atoms with Crippen LogP contribution in [0.5, 0.6) is 0 Å². The highest BCUT2D eigenvalue weighted by Crippen LogP contribution is 2.23. The maximum absolute atomic E-state index is 11.2. The van der Waals surface area contributed by atoms with Crippen molar-refractivity contribution in [1.82, 2.24) is 9.97 Å². The summed E-state index contributed by atoms with van der Waals surface area (Å²) in [6, 6.07) is -0.277. The third kappa shape index (κ3) is 1.83. The van der Waals surface area contributed by atoms with Crippen LogP contribution < -0.4 is 16.4 Å². The van der Waals surface area contributed by atoms with Crippen molar-refractivity contribution >= 4 is 17.5 Å². The maximum atomic E-state index is 11.2. The second kappa shape index (κ2) is 3.72. The molecule has 0 bridgehead atoms. The first kappa shape index (κ1) is 9.70. The number of carbonyl (C=O) groups excluding carboxylic acids is 1. The maximum Gasteiger partial charge on any atom is 0.240 e. The number of carbonyl (C=O) groups is 1. The van der Waals surface area contributed by atoms with Crippen LogP contribution in [0, 0.1) is 0 Å². The highest BCUT2D eigenvalue weighted by Gasteiger charge is 2.30. The Hall–Kier alpha value is -1.85. The monoisotopic (exact) mass is 207 g/mol. The Kier molecular flexibility index (Phi) is 2.40. The van der Waals surface area contributed by atoms with E-state index in [1.165, 1.54) is 6.20 Å². The lowest BCUT2D eigenvalue weighted by Gasteiger charge is -2.22. The number of nitrogen functional groups attached to an aromatic ring is 1. The summed E-state index contributed by atoms with van der Waals surface area (Å²) in [5.41, 5.74) is 10.8. The zero-order chi connectivity index (χ0) is 10.8. The lowest BCUT2D eigenvalue weighted by atomic mass is 10.2. The lowest BCUT2D eigenvalue weighted by Crippen LogP contribution is -2.40. The minimum absolute atomic E-state index is 0.277. The van der Waals surface area contributed by atoms with E-state index in [4.69, 9.17) is 11.5 Å². The van der Waals surface area contributed by atoms with Crippen LogP contribution in [0.4, 0.5) is 11.6 Å². The summed E-state index contributed by atoms with van der Waals surface area (Å²) in [6.07, 6.45) is 4.77. The van der Waals surface area contributed by atoms with E-state index in [0.29, 0.717) is 11.6 Å². The second-order valence-electron chi connectivity index (χ2n) is 3.56. The van der Waals surface area contributed by atoms with Gasteiger partial charge in [0.05, 0.1) is 12.4 Å². The first-order chi connectivity index (χ1) is 7.18. The predicted octanol–water partition coefficient (Wildman–Crippen LogP) is -0.487. The molecule has 80 valence electrons. The molecular formula is C9H13N5O. The Morgan fingerprint density at radius 2 is 2.33 bits per heavy atom. The first-order valence-corrected chi connectivity index (χ1v) is 4.82. The summed E-state index contributed by atoms with van der Waals surface area (Å²) in [5, 5.41) is 0. The molecule has 2 heterocycles. The molecule has 6 heteroatoms. The minimum Gasteiger partial charge on any atom is -0.382 e. The molecule has 2 rings (SSSR count). The largest absolute Gasteiger partial charge is 0.382 e. The number of aromatic nitrogens is 2. The summed E-state index contributed by atoms with van der Waals surface area (Å²) in [7, 11) is 0. The lowest BCUT2D eigenvalue weighted by molar-refractivity contribution is -0.119. The highest BCUT2D eigenvalue weighted by atomic mass is 16.1. The van der Waals surface area contributed by atoms with Crippen molar-refractivity contribution < 1.29 is 4.79 Å². The second-order valence-corrected chi connectivity index (χ2v) is 3.56. The smallest absolute Gasteiger partial charge is 0.240 e. The van der Waals surface area contributed by atoms with Gasteiger partial charge in [0.2, 0.25) is 5.91 Å². The van der Waals surface area contributed by atoms with E-state index in [-0.39, 0.29) is 11.9 Å². The average Bonchev–Trinajstić information content (AvgIpc) is 2.65. The molecule has 1 aromatic heterocycles. The number of primary amides is 1. The number of amides is 1. The normalized spacial score (nSPS) is 20.5. The van der Waals surface area contributed by atoms with Gasteiger partial charge in [-0.2, -0.15) is 0 Å². The SMILES string of the molecule is NC(=O)C1CCCN1c1cncc(N)n1. The van der Waals surface area contributed by atoms with Crippen LogP contribution in [-0.2, 0) is 4.79 Å². The van der Waals surface area contributed by atoms with Gasteiger partial charge >= 0.3 is 0 Å². The Morgan fingerprint density at radius 1 is 1.53 bits per heavy atom. The van der Waals surface area contributed by atoms with E-state index in [2.05, 4.69) is 9.97 Å². The standard InChI is InChI=1S/C9H13N5O/c10-7-4-12-5-8(13-7)14-3-1-2-6(14)9(11)15/h4-6H,1-3H2,(H2,10,13)(H2,11,15). The van der Waals surface area contributed by atoms with Crippen LogP contribution in [0.1, 0.15) is 12.8 Å². The first-order valence-electron chi connectivity index (χ1n) is 4.82. The molecule has 15 heavy (non-hydrogen) atoms. The molecule has 0 aliphatic carbocycles. The molecule has 1 fully saturated rings. The zero-order valence-electron chi connectivity index (χ0n) is 8.26. The van der Waals surface area contributed by atoms with Crippen LogP contribution in [0.25, 0.3) is 0 Å². The van der Waals surface area contributed by atoms with E-state index in [1.807, 2.05) is 4.90 Å². The summed E-state index contributed by atoms with van der Waals surface area (Å²) < 4.78 is 0. The molecule has 1 saturated heterocycles. The van der Waals surface area contributed by atoms with Gasteiger partial charge < -0.3 is 16.4 Å². The van der Waals surface area contributed by atoms with Gasteiger partial charge in [-0.05, 0) is 12.8 Å².